The smallest absolute Gasteiger partial charge is 0.416 e. The van der Waals surface area contributed by atoms with E-state index in [9.17, 15) is 27.6 Å². The topological polar surface area (TPSA) is 84.9 Å². The Morgan fingerprint density at radius 3 is 2.09 bits per heavy atom. The Balaban J connectivity index is 2.91. The van der Waals surface area contributed by atoms with Gasteiger partial charge in [0.05, 0.1) is 5.56 Å². The highest BCUT2D eigenvalue weighted by Gasteiger charge is 2.32. The number of carbonyl (C=O) groups is 3. The number of nitrogens with zero attached hydrogens (tertiary/aromatic N) is 1. The SMILES string of the molecule is CCCN(CC(=O)OC(C)(C)C)C(=O)C(CC(C)C)OC(=O)Nc1ccc(C(F)(F)F)cc1. The number of hydrogen-bond acceptors (Lipinski definition) is 5. The van der Waals surface area contributed by atoms with E-state index < -0.39 is 41.4 Å². The molecule has 7 nitrogen and oxygen atoms in total. The molecule has 0 fully saturated rings. The lowest BCUT2D eigenvalue weighted by Gasteiger charge is -2.28. The van der Waals surface area contributed by atoms with E-state index in [0.29, 0.717) is 6.42 Å². The summed E-state index contributed by atoms with van der Waals surface area (Å²) < 4.78 is 48.7. The largest absolute Gasteiger partial charge is 0.459 e. The van der Waals surface area contributed by atoms with Crippen molar-refractivity contribution in [3.8, 4) is 0 Å². The molecule has 1 aromatic carbocycles. The van der Waals surface area contributed by atoms with Crippen LogP contribution in [0.5, 0.6) is 0 Å². The highest BCUT2D eigenvalue weighted by atomic mass is 19.4. The second kappa shape index (κ2) is 11.9. The molecule has 10 heteroatoms. The van der Waals surface area contributed by atoms with Gasteiger partial charge in [0.1, 0.15) is 12.1 Å². The van der Waals surface area contributed by atoms with Gasteiger partial charge < -0.3 is 14.4 Å². The molecule has 33 heavy (non-hydrogen) atoms. The lowest BCUT2D eigenvalue weighted by Crippen LogP contribution is -2.46. The first kappa shape index (κ1) is 28.3. The van der Waals surface area contributed by atoms with E-state index in [0.717, 1.165) is 24.3 Å². The normalized spacial score (nSPS) is 12.8. The fourth-order valence-corrected chi connectivity index (χ4v) is 2.92. The van der Waals surface area contributed by atoms with Gasteiger partial charge in [0, 0.05) is 12.2 Å². The summed E-state index contributed by atoms with van der Waals surface area (Å²) in [6, 6.07) is 3.84. The molecule has 0 aromatic heterocycles. The van der Waals surface area contributed by atoms with Gasteiger partial charge in [0.15, 0.2) is 6.10 Å². The van der Waals surface area contributed by atoms with Crippen LogP contribution in [0, 0.1) is 5.92 Å². The molecule has 1 aromatic rings. The Bertz CT molecular complexity index is 802. The molecule has 0 spiro atoms. The molecule has 1 unspecified atom stereocenters. The first-order valence-corrected chi connectivity index (χ1v) is 10.8. The Morgan fingerprint density at radius 2 is 1.64 bits per heavy atom. The summed E-state index contributed by atoms with van der Waals surface area (Å²) in [5.74, 6) is -1.14. The minimum Gasteiger partial charge on any atom is -0.459 e. The van der Waals surface area contributed by atoms with Crippen molar-refractivity contribution in [2.45, 2.75) is 72.3 Å². The van der Waals surface area contributed by atoms with Crippen molar-refractivity contribution in [1.29, 1.82) is 0 Å². The van der Waals surface area contributed by atoms with Gasteiger partial charge in [-0.2, -0.15) is 13.2 Å². The second-order valence-corrected chi connectivity index (χ2v) is 9.07. The molecule has 186 valence electrons. The minimum atomic E-state index is -4.50. The number of amides is 2. The number of esters is 1. The zero-order chi connectivity index (χ0) is 25.4. The molecule has 0 aliphatic rings. The second-order valence-electron chi connectivity index (χ2n) is 9.07. The molecule has 0 aliphatic heterocycles. The molecule has 0 radical (unpaired) electrons. The van der Waals surface area contributed by atoms with Gasteiger partial charge in [-0.25, -0.2) is 4.79 Å². The van der Waals surface area contributed by atoms with Crippen LogP contribution < -0.4 is 5.32 Å². The Labute approximate surface area is 192 Å². The fraction of sp³-hybridized carbons (Fsp3) is 0.609. The number of carbonyl (C=O) groups excluding carboxylic acids is 3. The van der Waals surface area contributed by atoms with Crippen LogP contribution in [0.25, 0.3) is 0 Å². The Kier molecular flexibility index (Phi) is 10.2. The number of benzene rings is 1. The van der Waals surface area contributed by atoms with Gasteiger partial charge in [-0.15, -0.1) is 0 Å². The van der Waals surface area contributed by atoms with Crippen LogP contribution in [0.15, 0.2) is 24.3 Å². The van der Waals surface area contributed by atoms with Crippen LogP contribution in [-0.4, -0.2) is 47.7 Å². The van der Waals surface area contributed by atoms with Crippen molar-refractivity contribution in [2.24, 2.45) is 5.92 Å². The fourth-order valence-electron chi connectivity index (χ4n) is 2.92. The van der Waals surface area contributed by atoms with E-state index in [4.69, 9.17) is 9.47 Å². The van der Waals surface area contributed by atoms with E-state index in [-0.39, 0.29) is 31.1 Å². The predicted molar refractivity (Wildman–Crippen MR) is 118 cm³/mol. The number of rotatable bonds is 9. The number of ether oxygens (including phenoxy) is 2. The summed E-state index contributed by atoms with van der Waals surface area (Å²) in [6.07, 6.45) is -5.88. The summed E-state index contributed by atoms with van der Waals surface area (Å²) in [7, 11) is 0. The number of anilines is 1. The Hall–Kier alpha value is -2.78. The molecule has 0 aliphatic carbocycles. The van der Waals surface area contributed by atoms with Gasteiger partial charge in [-0.3, -0.25) is 14.9 Å². The van der Waals surface area contributed by atoms with Crippen LogP contribution in [0.4, 0.5) is 23.7 Å². The maximum absolute atomic E-state index is 13.1. The number of hydrogen-bond donors (Lipinski definition) is 1. The van der Waals surface area contributed by atoms with Gasteiger partial charge in [0.25, 0.3) is 5.91 Å². The van der Waals surface area contributed by atoms with Crippen LogP contribution in [0.1, 0.15) is 59.9 Å². The third-order valence-electron chi connectivity index (χ3n) is 4.21. The Morgan fingerprint density at radius 1 is 1.06 bits per heavy atom. The third kappa shape index (κ3) is 10.6. The van der Waals surface area contributed by atoms with Gasteiger partial charge in [0.2, 0.25) is 0 Å². The van der Waals surface area contributed by atoms with Crippen molar-refractivity contribution in [3.63, 3.8) is 0 Å². The van der Waals surface area contributed by atoms with Crippen molar-refractivity contribution >= 4 is 23.7 Å². The molecule has 0 heterocycles. The molecule has 0 bridgehead atoms. The van der Waals surface area contributed by atoms with Gasteiger partial charge in [-0.1, -0.05) is 20.8 Å². The standard InChI is InChI=1S/C23H33F3N2O5/c1-7-12-28(14-19(29)33-22(4,5)6)20(30)18(13-15(2)3)32-21(31)27-17-10-8-16(9-11-17)23(24,25)26/h8-11,15,18H,7,12-14H2,1-6H3,(H,27,31). The monoisotopic (exact) mass is 474 g/mol. The van der Waals surface area contributed by atoms with Crippen molar-refractivity contribution in [2.75, 3.05) is 18.4 Å². The van der Waals surface area contributed by atoms with E-state index >= 15 is 0 Å². The number of halogens is 3. The predicted octanol–water partition coefficient (Wildman–Crippen LogP) is 5.25. The van der Waals surface area contributed by atoms with Crippen LogP contribution in [0.2, 0.25) is 0 Å². The van der Waals surface area contributed by atoms with Crippen molar-refractivity contribution in [1.82, 2.24) is 4.90 Å². The summed E-state index contributed by atoms with van der Waals surface area (Å²) in [6.45, 7) is 10.6. The van der Waals surface area contributed by atoms with Crippen molar-refractivity contribution in [3.05, 3.63) is 29.8 Å². The highest BCUT2D eigenvalue weighted by molar-refractivity contribution is 5.90. The third-order valence-corrected chi connectivity index (χ3v) is 4.21. The number of alkyl halides is 3. The van der Waals surface area contributed by atoms with E-state index in [1.54, 1.807) is 20.8 Å². The molecule has 1 N–H and O–H groups in total. The highest BCUT2D eigenvalue weighted by Crippen LogP contribution is 2.29. The zero-order valence-corrected chi connectivity index (χ0v) is 19.9. The first-order chi connectivity index (χ1) is 15.1. The summed E-state index contributed by atoms with van der Waals surface area (Å²) >= 11 is 0. The molecule has 0 saturated carbocycles. The lowest BCUT2D eigenvalue weighted by atomic mass is 10.0. The van der Waals surface area contributed by atoms with Gasteiger partial charge in [-0.05, 0) is 63.8 Å². The summed E-state index contributed by atoms with van der Waals surface area (Å²) in [5, 5.41) is 2.33. The first-order valence-electron chi connectivity index (χ1n) is 10.8. The lowest BCUT2D eigenvalue weighted by molar-refractivity contribution is -0.160. The summed E-state index contributed by atoms with van der Waals surface area (Å²) in [4.78, 5) is 39.0. The molecule has 1 rings (SSSR count). The van der Waals surface area contributed by atoms with E-state index in [1.807, 2.05) is 20.8 Å². The molecular weight excluding hydrogens is 441 g/mol. The molecule has 1 atom stereocenters. The zero-order valence-electron chi connectivity index (χ0n) is 19.9. The van der Waals surface area contributed by atoms with Gasteiger partial charge >= 0.3 is 18.2 Å². The van der Waals surface area contributed by atoms with E-state index in [1.165, 1.54) is 4.90 Å². The maximum Gasteiger partial charge on any atom is 0.416 e. The summed E-state index contributed by atoms with van der Waals surface area (Å²) in [5.41, 5.74) is -1.48. The van der Waals surface area contributed by atoms with Crippen LogP contribution in [0.3, 0.4) is 0 Å². The van der Waals surface area contributed by atoms with E-state index in [2.05, 4.69) is 5.32 Å². The molecule has 2 amide bonds. The maximum atomic E-state index is 13.1. The van der Waals surface area contributed by atoms with Crippen molar-refractivity contribution < 1.29 is 37.0 Å². The molecule has 0 saturated heterocycles. The van der Waals surface area contributed by atoms with Crippen LogP contribution >= 0.6 is 0 Å². The number of nitrogens with one attached hydrogen (secondary N) is 1. The average molecular weight is 475 g/mol. The average Bonchev–Trinajstić information content (AvgIpc) is 2.64. The quantitative estimate of drug-likeness (QED) is 0.494. The minimum absolute atomic E-state index is 0.0113. The molecular formula is C23H33F3N2O5. The van der Waals surface area contributed by atoms with Crippen LogP contribution in [-0.2, 0) is 25.2 Å².